The van der Waals surface area contributed by atoms with Gasteiger partial charge in [-0.2, -0.15) is 18.3 Å². The molecule has 172 valence electrons. The highest BCUT2D eigenvalue weighted by Crippen LogP contribution is 2.36. The van der Waals surface area contributed by atoms with E-state index in [1.54, 1.807) is 12.1 Å². The number of rotatable bonds is 7. The molecule has 0 aliphatic heterocycles. The van der Waals surface area contributed by atoms with Crippen LogP contribution in [-0.4, -0.2) is 11.1 Å². The Morgan fingerprint density at radius 3 is 2.30 bits per heavy atom. The topological polar surface area (TPSA) is 76.8 Å². The van der Waals surface area contributed by atoms with Gasteiger partial charge in [-0.25, -0.2) is 0 Å². The molecule has 0 saturated heterocycles. The van der Waals surface area contributed by atoms with E-state index < -0.39 is 22.4 Å². The van der Waals surface area contributed by atoms with Crippen molar-refractivity contribution in [1.82, 2.24) is 0 Å². The number of nitrogens with zero attached hydrogens (tertiary/aromatic N) is 2. The van der Waals surface area contributed by atoms with Crippen molar-refractivity contribution in [2.75, 3.05) is 5.43 Å². The van der Waals surface area contributed by atoms with Crippen molar-refractivity contribution in [1.29, 1.82) is 0 Å². The Balaban J connectivity index is 1.73. The molecule has 0 unspecified atom stereocenters. The average molecular weight is 699 g/mol. The average Bonchev–Trinajstić information content (AvgIpc) is 2.73. The standard InChI is InChI=1S/C21H13Br2F3IN3O3/c22-16-7-13(8-17(23)20(16)33-11-12-1-4-15(27)5-2-12)10-28-29-18-6-3-14(21(24,25)26)9-19(18)30(31)32/h1-10,29H,11H2/b28-10-. The number of ether oxygens (including phenoxy) is 1. The molecule has 0 fully saturated rings. The summed E-state index contributed by atoms with van der Waals surface area (Å²) in [5, 5.41) is 15.1. The quantitative estimate of drug-likeness (QED) is 0.118. The minimum atomic E-state index is -4.69. The van der Waals surface area contributed by atoms with Crippen molar-refractivity contribution in [2.24, 2.45) is 5.10 Å². The Hall–Kier alpha value is -2.19. The molecule has 1 N–H and O–H groups in total. The van der Waals surface area contributed by atoms with E-state index in [0.29, 0.717) is 32.9 Å². The lowest BCUT2D eigenvalue weighted by molar-refractivity contribution is -0.384. The number of nitrogens with one attached hydrogen (secondary N) is 1. The molecule has 12 heteroatoms. The predicted octanol–water partition coefficient (Wildman–Crippen LogP) is 7.77. The Kier molecular flexibility index (Phi) is 8.34. The molecule has 33 heavy (non-hydrogen) atoms. The molecule has 3 aromatic rings. The lowest BCUT2D eigenvalue weighted by Gasteiger charge is -2.11. The van der Waals surface area contributed by atoms with E-state index in [-0.39, 0.29) is 5.69 Å². The molecule has 3 aromatic carbocycles. The first-order valence-corrected chi connectivity index (χ1v) is 11.7. The van der Waals surface area contributed by atoms with E-state index in [9.17, 15) is 23.3 Å². The van der Waals surface area contributed by atoms with E-state index in [4.69, 9.17) is 4.74 Å². The smallest absolute Gasteiger partial charge is 0.416 e. The van der Waals surface area contributed by atoms with Crippen molar-refractivity contribution in [3.8, 4) is 5.75 Å². The first-order valence-electron chi connectivity index (χ1n) is 9.05. The number of nitro benzene ring substituents is 1. The van der Waals surface area contributed by atoms with E-state index in [0.717, 1.165) is 21.3 Å². The van der Waals surface area contributed by atoms with E-state index in [1.165, 1.54) is 6.21 Å². The highest BCUT2D eigenvalue weighted by Gasteiger charge is 2.33. The molecule has 0 saturated carbocycles. The van der Waals surface area contributed by atoms with Crippen molar-refractivity contribution in [2.45, 2.75) is 12.8 Å². The molecule has 0 bridgehead atoms. The lowest BCUT2D eigenvalue weighted by atomic mass is 10.1. The number of hydrogen-bond acceptors (Lipinski definition) is 5. The van der Waals surface area contributed by atoms with Crippen molar-refractivity contribution in [3.63, 3.8) is 0 Å². The largest absolute Gasteiger partial charge is 0.487 e. The molecular formula is C21H13Br2F3IN3O3. The second-order valence-electron chi connectivity index (χ2n) is 6.59. The van der Waals surface area contributed by atoms with Crippen LogP contribution >= 0.6 is 54.5 Å². The minimum Gasteiger partial charge on any atom is -0.487 e. The molecule has 0 spiro atoms. The van der Waals surface area contributed by atoms with Crippen molar-refractivity contribution in [3.05, 3.63) is 93.9 Å². The number of hydrazone groups is 1. The predicted molar refractivity (Wildman–Crippen MR) is 135 cm³/mol. The molecule has 0 radical (unpaired) electrons. The Morgan fingerprint density at radius 2 is 1.73 bits per heavy atom. The zero-order valence-corrected chi connectivity index (χ0v) is 21.7. The van der Waals surface area contributed by atoms with E-state index >= 15 is 0 Å². The number of nitro groups is 1. The van der Waals surface area contributed by atoms with E-state index in [2.05, 4.69) is 65.0 Å². The fourth-order valence-corrected chi connectivity index (χ4v) is 4.47. The Morgan fingerprint density at radius 1 is 1.09 bits per heavy atom. The van der Waals surface area contributed by atoms with Crippen molar-refractivity contribution >= 4 is 72.0 Å². The molecule has 0 amide bonds. The van der Waals surface area contributed by atoms with Gasteiger partial charge in [0, 0.05) is 9.64 Å². The van der Waals surface area contributed by atoms with E-state index in [1.807, 2.05) is 24.3 Å². The third kappa shape index (κ3) is 6.90. The summed E-state index contributed by atoms with van der Waals surface area (Å²) >= 11 is 9.11. The maximum Gasteiger partial charge on any atom is 0.416 e. The Bertz CT molecular complexity index is 1180. The fourth-order valence-electron chi connectivity index (χ4n) is 2.66. The summed E-state index contributed by atoms with van der Waals surface area (Å²) in [5.74, 6) is 0.581. The second kappa shape index (κ2) is 10.8. The van der Waals surface area contributed by atoms with Gasteiger partial charge in [0.1, 0.15) is 18.0 Å². The number of alkyl halides is 3. The minimum absolute atomic E-state index is 0.167. The molecule has 0 aliphatic carbocycles. The first-order chi connectivity index (χ1) is 15.5. The van der Waals surface area contributed by atoms with Gasteiger partial charge < -0.3 is 4.74 Å². The monoisotopic (exact) mass is 697 g/mol. The normalized spacial score (nSPS) is 11.6. The maximum atomic E-state index is 12.8. The van der Waals surface area contributed by atoms with Gasteiger partial charge in [-0.05, 0) is 102 Å². The summed E-state index contributed by atoms with van der Waals surface area (Å²) in [7, 11) is 0. The SMILES string of the molecule is O=[N+]([O-])c1cc(C(F)(F)F)ccc1N/N=C\c1cc(Br)c(OCc2ccc(I)cc2)c(Br)c1. The Labute approximate surface area is 216 Å². The van der Waals surface area contributed by atoms with Crippen LogP contribution in [0.15, 0.2) is 68.6 Å². The van der Waals surface area contributed by atoms with Crippen LogP contribution in [0.1, 0.15) is 16.7 Å². The van der Waals surface area contributed by atoms with Gasteiger partial charge in [0.2, 0.25) is 0 Å². The molecular weight excluding hydrogens is 686 g/mol. The van der Waals surface area contributed by atoms with Gasteiger partial charge in [0.25, 0.3) is 5.69 Å². The van der Waals surface area contributed by atoms with Crippen molar-refractivity contribution < 1.29 is 22.8 Å². The summed E-state index contributed by atoms with van der Waals surface area (Å²) < 4.78 is 46.7. The summed E-state index contributed by atoms with van der Waals surface area (Å²) in [6, 6.07) is 13.5. The molecule has 0 aromatic heterocycles. The van der Waals surface area contributed by atoms with Crippen LogP contribution in [0.3, 0.4) is 0 Å². The molecule has 3 rings (SSSR count). The zero-order chi connectivity index (χ0) is 24.2. The first kappa shape index (κ1) is 25.4. The second-order valence-corrected chi connectivity index (χ2v) is 9.54. The third-order valence-electron chi connectivity index (χ3n) is 4.24. The van der Waals surface area contributed by atoms with Gasteiger partial charge >= 0.3 is 6.18 Å². The van der Waals surface area contributed by atoms with Gasteiger partial charge in [-0.3, -0.25) is 15.5 Å². The zero-order valence-electron chi connectivity index (χ0n) is 16.4. The highest BCUT2D eigenvalue weighted by molar-refractivity contribution is 14.1. The van der Waals surface area contributed by atoms with Crippen LogP contribution in [0, 0.1) is 13.7 Å². The van der Waals surface area contributed by atoms with Crippen LogP contribution in [0.4, 0.5) is 24.5 Å². The summed E-state index contributed by atoms with van der Waals surface area (Å²) in [5.41, 5.74) is 2.02. The van der Waals surface area contributed by atoms with Gasteiger partial charge in [-0.15, -0.1) is 0 Å². The summed E-state index contributed by atoms with van der Waals surface area (Å²) in [6.45, 7) is 0.362. The molecule has 0 atom stereocenters. The number of hydrogen-bond donors (Lipinski definition) is 1. The van der Waals surface area contributed by atoms with Gasteiger partial charge in [0.15, 0.2) is 0 Å². The number of halogens is 6. The highest BCUT2D eigenvalue weighted by atomic mass is 127. The van der Waals surface area contributed by atoms with Crippen LogP contribution in [0.25, 0.3) is 0 Å². The molecule has 0 aliphatic rings. The molecule has 0 heterocycles. The number of anilines is 1. The van der Waals surface area contributed by atoms with Gasteiger partial charge in [0.05, 0.1) is 25.6 Å². The number of benzene rings is 3. The van der Waals surface area contributed by atoms with Crippen LogP contribution < -0.4 is 10.2 Å². The fraction of sp³-hybridized carbons (Fsp3) is 0.0952. The van der Waals surface area contributed by atoms with Crippen LogP contribution in [-0.2, 0) is 12.8 Å². The molecule has 6 nitrogen and oxygen atoms in total. The maximum absolute atomic E-state index is 12.8. The third-order valence-corrected chi connectivity index (χ3v) is 6.13. The van der Waals surface area contributed by atoms with Gasteiger partial charge in [-0.1, -0.05) is 12.1 Å². The summed E-state index contributed by atoms with van der Waals surface area (Å²) in [6.07, 6.45) is -3.31. The summed E-state index contributed by atoms with van der Waals surface area (Å²) in [4.78, 5) is 10.3. The lowest BCUT2D eigenvalue weighted by Crippen LogP contribution is -2.06. The van der Waals surface area contributed by atoms with Crippen LogP contribution in [0.2, 0.25) is 0 Å². The van der Waals surface area contributed by atoms with Crippen LogP contribution in [0.5, 0.6) is 5.75 Å².